The van der Waals surface area contributed by atoms with Crippen LogP contribution in [0.4, 0.5) is 0 Å². The Morgan fingerprint density at radius 2 is 1.95 bits per heavy atom. The highest BCUT2D eigenvalue weighted by Gasteiger charge is 2.36. The van der Waals surface area contributed by atoms with Gasteiger partial charge in [-0.05, 0) is 32.1 Å². The maximum atomic E-state index is 10.7. The molecule has 0 aromatic heterocycles. The second-order valence-electron chi connectivity index (χ2n) is 6.81. The average Bonchev–Trinajstić information content (AvgIpc) is 2.93. The molecule has 3 fully saturated rings. The van der Waals surface area contributed by atoms with Gasteiger partial charge in [-0.2, -0.15) is 0 Å². The van der Waals surface area contributed by atoms with Crippen molar-refractivity contribution in [3.8, 4) is 0 Å². The molecule has 0 radical (unpaired) electrons. The van der Waals surface area contributed by atoms with Crippen LogP contribution in [0.1, 0.15) is 32.1 Å². The second-order valence-corrected chi connectivity index (χ2v) is 6.81. The average molecular weight is 296 g/mol. The van der Waals surface area contributed by atoms with E-state index in [9.17, 15) is 4.79 Å². The Morgan fingerprint density at radius 3 is 2.62 bits per heavy atom. The SMILES string of the molecule is COC1CN([C@@H]2CN[C@H](CO[C@H]3CC[C@H](C=O)CC3)C2)C1. The predicted octanol–water partition coefficient (Wildman–Crippen LogP) is 0.822. The van der Waals surface area contributed by atoms with Crippen LogP contribution < -0.4 is 5.32 Å². The zero-order chi connectivity index (χ0) is 14.7. The van der Waals surface area contributed by atoms with E-state index in [1.807, 2.05) is 0 Å². The van der Waals surface area contributed by atoms with Crippen molar-refractivity contribution in [1.82, 2.24) is 10.2 Å². The molecule has 0 amide bonds. The van der Waals surface area contributed by atoms with Crippen molar-refractivity contribution >= 4 is 6.29 Å². The Morgan fingerprint density at radius 1 is 1.19 bits per heavy atom. The van der Waals surface area contributed by atoms with E-state index < -0.39 is 0 Å². The van der Waals surface area contributed by atoms with Crippen molar-refractivity contribution in [2.45, 2.75) is 56.4 Å². The quantitative estimate of drug-likeness (QED) is 0.736. The Balaban J connectivity index is 1.31. The van der Waals surface area contributed by atoms with E-state index in [-0.39, 0.29) is 5.92 Å². The first-order chi connectivity index (χ1) is 10.3. The summed E-state index contributed by atoms with van der Waals surface area (Å²) in [6, 6.07) is 1.14. The van der Waals surface area contributed by atoms with Crippen molar-refractivity contribution in [2.24, 2.45) is 5.92 Å². The molecule has 5 nitrogen and oxygen atoms in total. The van der Waals surface area contributed by atoms with Gasteiger partial charge in [0.2, 0.25) is 0 Å². The van der Waals surface area contributed by atoms with Gasteiger partial charge in [-0.15, -0.1) is 0 Å². The zero-order valence-corrected chi connectivity index (χ0v) is 13.0. The van der Waals surface area contributed by atoms with Crippen molar-refractivity contribution in [3.05, 3.63) is 0 Å². The van der Waals surface area contributed by atoms with Gasteiger partial charge in [-0.25, -0.2) is 0 Å². The number of carbonyl (C=O) groups excluding carboxylic acids is 1. The fraction of sp³-hybridized carbons (Fsp3) is 0.938. The van der Waals surface area contributed by atoms with Crippen LogP contribution in [-0.4, -0.2) is 68.8 Å². The van der Waals surface area contributed by atoms with E-state index in [1.54, 1.807) is 7.11 Å². The van der Waals surface area contributed by atoms with E-state index in [2.05, 4.69) is 10.2 Å². The fourth-order valence-corrected chi connectivity index (χ4v) is 3.76. The third-order valence-electron chi connectivity index (χ3n) is 5.37. The maximum Gasteiger partial charge on any atom is 0.123 e. The molecule has 2 heterocycles. The molecule has 0 unspecified atom stereocenters. The summed E-state index contributed by atoms with van der Waals surface area (Å²) in [6.07, 6.45) is 7.18. The van der Waals surface area contributed by atoms with Gasteiger partial charge < -0.3 is 19.6 Å². The molecule has 1 aliphatic carbocycles. The van der Waals surface area contributed by atoms with Gasteiger partial charge in [-0.3, -0.25) is 4.90 Å². The molecule has 0 aromatic carbocycles. The smallest absolute Gasteiger partial charge is 0.123 e. The molecule has 2 atom stereocenters. The van der Waals surface area contributed by atoms with Crippen LogP contribution in [0, 0.1) is 5.92 Å². The molecule has 2 saturated heterocycles. The van der Waals surface area contributed by atoms with Crippen molar-refractivity contribution < 1.29 is 14.3 Å². The van der Waals surface area contributed by atoms with Crippen LogP contribution in [0.3, 0.4) is 0 Å². The summed E-state index contributed by atoms with van der Waals surface area (Å²) in [7, 11) is 1.80. The minimum atomic E-state index is 0.277. The monoisotopic (exact) mass is 296 g/mol. The molecule has 0 spiro atoms. The van der Waals surface area contributed by atoms with Gasteiger partial charge in [0.05, 0.1) is 18.8 Å². The molecule has 3 rings (SSSR count). The number of nitrogens with one attached hydrogen (secondary N) is 1. The van der Waals surface area contributed by atoms with Gasteiger partial charge in [0.15, 0.2) is 0 Å². The van der Waals surface area contributed by atoms with Crippen LogP contribution in [0.15, 0.2) is 0 Å². The van der Waals surface area contributed by atoms with Crippen molar-refractivity contribution in [2.75, 3.05) is 33.4 Å². The normalized spacial score (nSPS) is 38.3. The number of hydrogen-bond acceptors (Lipinski definition) is 5. The van der Waals surface area contributed by atoms with Crippen molar-refractivity contribution in [3.63, 3.8) is 0 Å². The van der Waals surface area contributed by atoms with Gasteiger partial charge in [0.25, 0.3) is 0 Å². The zero-order valence-electron chi connectivity index (χ0n) is 13.0. The highest BCUT2D eigenvalue weighted by atomic mass is 16.5. The topological polar surface area (TPSA) is 50.8 Å². The molecule has 3 aliphatic rings. The fourth-order valence-electron chi connectivity index (χ4n) is 3.76. The number of nitrogens with zero attached hydrogens (tertiary/aromatic N) is 1. The number of hydrogen-bond donors (Lipinski definition) is 1. The summed E-state index contributed by atoms with van der Waals surface area (Å²) >= 11 is 0. The summed E-state index contributed by atoms with van der Waals surface area (Å²) in [4.78, 5) is 13.3. The van der Waals surface area contributed by atoms with Crippen LogP contribution >= 0.6 is 0 Å². The Labute approximate surface area is 127 Å². The van der Waals surface area contributed by atoms with E-state index in [0.29, 0.717) is 24.3 Å². The lowest BCUT2D eigenvalue weighted by molar-refractivity contribution is -0.112. The standard InChI is InChI=1S/C16H28N2O3/c1-20-16-8-18(9-16)14-6-13(17-7-14)11-21-15-4-2-12(10-19)3-5-15/h10,12-17H,2-9,11H2,1H3/t12-,13-,14-,15-/m0/s1. The highest BCUT2D eigenvalue weighted by molar-refractivity contribution is 5.53. The number of aldehydes is 1. The van der Waals surface area contributed by atoms with E-state index >= 15 is 0 Å². The lowest BCUT2D eigenvalue weighted by atomic mass is 9.88. The number of rotatable bonds is 6. The predicted molar refractivity (Wildman–Crippen MR) is 80.3 cm³/mol. The molecule has 1 saturated carbocycles. The van der Waals surface area contributed by atoms with E-state index in [0.717, 1.165) is 58.2 Å². The summed E-state index contributed by atoms with van der Waals surface area (Å²) in [6.45, 7) is 4.04. The molecule has 5 heteroatoms. The molecule has 2 aliphatic heterocycles. The molecular formula is C16H28N2O3. The molecule has 120 valence electrons. The van der Waals surface area contributed by atoms with Crippen molar-refractivity contribution in [1.29, 1.82) is 0 Å². The Bertz CT molecular complexity index is 338. The third-order valence-corrected chi connectivity index (χ3v) is 5.37. The van der Waals surface area contributed by atoms with Crippen LogP contribution in [0.25, 0.3) is 0 Å². The molecule has 0 aromatic rings. The summed E-state index contributed by atoms with van der Waals surface area (Å²) in [5, 5.41) is 3.58. The minimum Gasteiger partial charge on any atom is -0.379 e. The number of ether oxygens (including phenoxy) is 2. The number of methoxy groups -OCH3 is 1. The number of carbonyl (C=O) groups is 1. The first kappa shape index (κ1) is 15.4. The maximum absolute atomic E-state index is 10.7. The molecule has 0 bridgehead atoms. The highest BCUT2D eigenvalue weighted by Crippen LogP contribution is 2.26. The molecule has 21 heavy (non-hydrogen) atoms. The second kappa shape index (κ2) is 7.18. The lowest BCUT2D eigenvalue weighted by Crippen LogP contribution is -2.56. The third kappa shape index (κ3) is 3.83. The first-order valence-electron chi connectivity index (χ1n) is 8.35. The lowest BCUT2D eigenvalue weighted by Gasteiger charge is -2.42. The summed E-state index contributed by atoms with van der Waals surface area (Å²) < 4.78 is 11.4. The van der Waals surface area contributed by atoms with E-state index in [4.69, 9.17) is 9.47 Å². The Kier molecular flexibility index (Phi) is 5.27. The summed E-state index contributed by atoms with van der Waals surface area (Å²) in [5.41, 5.74) is 0. The van der Waals surface area contributed by atoms with Gasteiger partial charge in [-0.1, -0.05) is 0 Å². The Hall–Kier alpha value is -0.490. The van der Waals surface area contributed by atoms with Gasteiger partial charge in [0, 0.05) is 44.7 Å². The first-order valence-corrected chi connectivity index (χ1v) is 8.35. The van der Waals surface area contributed by atoms with Gasteiger partial charge >= 0.3 is 0 Å². The molecule has 1 N–H and O–H groups in total. The van der Waals surface area contributed by atoms with E-state index in [1.165, 1.54) is 6.42 Å². The largest absolute Gasteiger partial charge is 0.379 e. The summed E-state index contributed by atoms with van der Waals surface area (Å²) in [5.74, 6) is 0.277. The van der Waals surface area contributed by atoms with Crippen LogP contribution in [-0.2, 0) is 14.3 Å². The van der Waals surface area contributed by atoms with Gasteiger partial charge in [0.1, 0.15) is 6.29 Å². The van der Waals surface area contributed by atoms with Crippen LogP contribution in [0.5, 0.6) is 0 Å². The van der Waals surface area contributed by atoms with Crippen LogP contribution in [0.2, 0.25) is 0 Å². The molecular weight excluding hydrogens is 268 g/mol. The minimum absolute atomic E-state index is 0.277. The number of likely N-dealkylation sites (tertiary alicyclic amines) is 1.